The number of aromatic nitrogens is 5. The summed E-state index contributed by atoms with van der Waals surface area (Å²) in [7, 11) is 0. The molecule has 1 fully saturated rings. The molecule has 0 atom stereocenters. The van der Waals surface area contributed by atoms with Gasteiger partial charge in [0.2, 0.25) is 11.9 Å². The smallest absolute Gasteiger partial charge is 0.222 e. The van der Waals surface area contributed by atoms with E-state index < -0.39 is 0 Å². The number of aryl methyl sites for hydroxylation is 1. The van der Waals surface area contributed by atoms with Gasteiger partial charge < -0.3 is 9.80 Å². The summed E-state index contributed by atoms with van der Waals surface area (Å²) in [5.74, 6) is 1.01. The summed E-state index contributed by atoms with van der Waals surface area (Å²) in [5.41, 5.74) is 1.15. The summed E-state index contributed by atoms with van der Waals surface area (Å²) in [6, 6.07) is 0. The number of aromatic amines is 2. The van der Waals surface area contributed by atoms with Gasteiger partial charge in [0.05, 0.1) is 6.20 Å². The van der Waals surface area contributed by atoms with Crippen LogP contribution in [0.4, 0.5) is 5.95 Å². The number of carbonyl (C=O) groups is 1. The molecule has 21 heavy (non-hydrogen) atoms. The monoisotopic (exact) mass is 289 g/mol. The second kappa shape index (κ2) is 6.38. The van der Waals surface area contributed by atoms with Crippen LogP contribution >= 0.6 is 0 Å². The van der Waals surface area contributed by atoms with Gasteiger partial charge in [-0.2, -0.15) is 15.2 Å². The largest absolute Gasteiger partial charge is 0.339 e. The van der Waals surface area contributed by atoms with E-state index >= 15 is 0 Å². The number of anilines is 1. The minimum absolute atomic E-state index is 0.232. The molecule has 1 saturated heterocycles. The van der Waals surface area contributed by atoms with Crippen LogP contribution in [-0.4, -0.2) is 62.4 Å². The van der Waals surface area contributed by atoms with Crippen LogP contribution in [0.5, 0.6) is 0 Å². The summed E-state index contributed by atoms with van der Waals surface area (Å²) in [6.45, 7) is 3.07. The van der Waals surface area contributed by atoms with E-state index in [1.807, 2.05) is 11.1 Å². The van der Waals surface area contributed by atoms with Crippen LogP contribution in [0.3, 0.4) is 0 Å². The van der Waals surface area contributed by atoms with Gasteiger partial charge in [0, 0.05) is 38.8 Å². The molecule has 0 aromatic carbocycles. The van der Waals surface area contributed by atoms with Crippen LogP contribution in [0.25, 0.3) is 0 Å². The minimum Gasteiger partial charge on any atom is -0.339 e. The molecule has 0 spiro atoms. The Labute approximate surface area is 122 Å². The third kappa shape index (κ3) is 3.39. The lowest BCUT2D eigenvalue weighted by molar-refractivity contribution is -0.131. The van der Waals surface area contributed by atoms with Crippen LogP contribution in [0.1, 0.15) is 18.4 Å². The first-order valence-corrected chi connectivity index (χ1v) is 7.18. The number of carbonyl (C=O) groups excluding carboxylic acids is 1. The van der Waals surface area contributed by atoms with Crippen molar-refractivity contribution in [1.29, 1.82) is 0 Å². The first kappa shape index (κ1) is 13.6. The summed E-state index contributed by atoms with van der Waals surface area (Å²) in [4.78, 5) is 20.3. The number of nitrogens with one attached hydrogen (secondary N) is 2. The fourth-order valence-corrected chi connectivity index (χ4v) is 2.54. The predicted octanol–water partition coefficient (Wildman–Crippen LogP) is 0.199. The molecular formula is C13H19N7O. The first-order chi connectivity index (χ1) is 10.3. The van der Waals surface area contributed by atoms with Crippen molar-refractivity contribution in [3.8, 4) is 0 Å². The van der Waals surface area contributed by atoms with Crippen molar-refractivity contribution < 1.29 is 4.79 Å². The molecule has 3 heterocycles. The normalized spacial score (nSPS) is 15.4. The highest BCUT2D eigenvalue weighted by Gasteiger charge is 2.21. The SMILES string of the molecule is O=C(CCCc1cn[nH]c1)N1CCN(c2ncn[nH]2)CC1. The third-order valence-electron chi connectivity index (χ3n) is 3.75. The molecule has 0 saturated carbocycles. The van der Waals surface area contributed by atoms with E-state index in [9.17, 15) is 4.79 Å². The number of nitrogens with zero attached hydrogens (tertiary/aromatic N) is 5. The molecule has 2 N–H and O–H groups in total. The molecule has 1 aliphatic heterocycles. The summed E-state index contributed by atoms with van der Waals surface area (Å²) in [5, 5.41) is 13.4. The Morgan fingerprint density at radius 3 is 2.76 bits per heavy atom. The van der Waals surface area contributed by atoms with Gasteiger partial charge in [0.1, 0.15) is 6.33 Å². The average Bonchev–Trinajstić information content (AvgIpc) is 3.21. The summed E-state index contributed by atoms with van der Waals surface area (Å²) >= 11 is 0. The van der Waals surface area contributed by atoms with Crippen LogP contribution in [-0.2, 0) is 11.2 Å². The Hall–Kier alpha value is -2.38. The Morgan fingerprint density at radius 1 is 1.24 bits per heavy atom. The van der Waals surface area contributed by atoms with E-state index in [4.69, 9.17) is 0 Å². The standard InChI is InChI=1S/C13H19N7O/c21-12(3-1-2-11-8-15-16-9-11)19-4-6-20(7-5-19)13-14-10-17-18-13/h8-10H,1-7H2,(H,15,16)(H,14,17,18). The van der Waals surface area contributed by atoms with Crippen molar-refractivity contribution in [2.45, 2.75) is 19.3 Å². The van der Waals surface area contributed by atoms with Crippen molar-refractivity contribution in [2.75, 3.05) is 31.1 Å². The molecule has 0 unspecified atom stereocenters. The highest BCUT2D eigenvalue weighted by Crippen LogP contribution is 2.11. The van der Waals surface area contributed by atoms with Crippen molar-refractivity contribution in [3.05, 3.63) is 24.3 Å². The molecule has 112 valence electrons. The van der Waals surface area contributed by atoms with Crippen LogP contribution in [0.15, 0.2) is 18.7 Å². The van der Waals surface area contributed by atoms with Gasteiger partial charge in [0.25, 0.3) is 0 Å². The van der Waals surface area contributed by atoms with Gasteiger partial charge in [-0.05, 0) is 18.4 Å². The fourth-order valence-electron chi connectivity index (χ4n) is 2.54. The Morgan fingerprint density at radius 2 is 2.10 bits per heavy atom. The van der Waals surface area contributed by atoms with E-state index in [1.165, 1.54) is 6.33 Å². The van der Waals surface area contributed by atoms with Gasteiger partial charge in [0.15, 0.2) is 0 Å². The van der Waals surface area contributed by atoms with E-state index in [2.05, 4.69) is 30.3 Å². The van der Waals surface area contributed by atoms with Gasteiger partial charge >= 0.3 is 0 Å². The number of rotatable bonds is 5. The lowest BCUT2D eigenvalue weighted by atomic mass is 10.1. The molecular weight excluding hydrogens is 270 g/mol. The third-order valence-corrected chi connectivity index (χ3v) is 3.75. The Kier molecular flexibility index (Phi) is 4.13. The lowest BCUT2D eigenvalue weighted by Gasteiger charge is -2.34. The van der Waals surface area contributed by atoms with E-state index in [-0.39, 0.29) is 5.91 Å². The number of amides is 1. The molecule has 8 nitrogen and oxygen atoms in total. The Bertz CT molecular complexity index is 543. The fraction of sp³-hybridized carbons (Fsp3) is 0.538. The lowest BCUT2D eigenvalue weighted by Crippen LogP contribution is -2.49. The molecule has 1 amide bonds. The minimum atomic E-state index is 0.232. The Balaban J connectivity index is 1.40. The van der Waals surface area contributed by atoms with Crippen molar-refractivity contribution in [1.82, 2.24) is 30.3 Å². The summed E-state index contributed by atoms with van der Waals surface area (Å²) in [6.07, 6.45) is 7.53. The van der Waals surface area contributed by atoms with Crippen molar-refractivity contribution in [3.63, 3.8) is 0 Å². The topological polar surface area (TPSA) is 93.8 Å². The molecule has 0 bridgehead atoms. The maximum absolute atomic E-state index is 12.2. The van der Waals surface area contributed by atoms with Crippen molar-refractivity contribution in [2.24, 2.45) is 0 Å². The van der Waals surface area contributed by atoms with E-state index in [0.29, 0.717) is 6.42 Å². The van der Waals surface area contributed by atoms with Crippen LogP contribution < -0.4 is 4.90 Å². The molecule has 3 rings (SSSR count). The summed E-state index contributed by atoms with van der Waals surface area (Å²) < 4.78 is 0. The quantitative estimate of drug-likeness (QED) is 0.820. The van der Waals surface area contributed by atoms with Crippen LogP contribution in [0.2, 0.25) is 0 Å². The zero-order valence-electron chi connectivity index (χ0n) is 11.8. The molecule has 2 aromatic rings. The average molecular weight is 289 g/mol. The maximum atomic E-state index is 12.2. The number of hydrogen-bond donors (Lipinski definition) is 2. The van der Waals surface area contributed by atoms with Gasteiger partial charge in [-0.15, -0.1) is 0 Å². The zero-order chi connectivity index (χ0) is 14.5. The maximum Gasteiger partial charge on any atom is 0.222 e. The first-order valence-electron chi connectivity index (χ1n) is 7.18. The second-order valence-electron chi connectivity index (χ2n) is 5.14. The molecule has 0 radical (unpaired) electrons. The zero-order valence-corrected chi connectivity index (χ0v) is 11.8. The van der Waals surface area contributed by atoms with Gasteiger partial charge in [-0.1, -0.05) is 0 Å². The highest BCUT2D eigenvalue weighted by molar-refractivity contribution is 5.76. The number of hydrogen-bond acceptors (Lipinski definition) is 5. The van der Waals surface area contributed by atoms with E-state index in [1.54, 1.807) is 6.20 Å². The van der Waals surface area contributed by atoms with E-state index in [0.717, 1.165) is 50.5 Å². The van der Waals surface area contributed by atoms with Crippen LogP contribution in [0, 0.1) is 0 Å². The van der Waals surface area contributed by atoms with Crippen molar-refractivity contribution >= 4 is 11.9 Å². The molecule has 1 aliphatic rings. The number of piperazine rings is 1. The molecule has 2 aromatic heterocycles. The molecule has 8 heteroatoms. The second-order valence-corrected chi connectivity index (χ2v) is 5.14. The number of H-pyrrole nitrogens is 2. The molecule has 0 aliphatic carbocycles. The van der Waals surface area contributed by atoms with Gasteiger partial charge in [-0.25, -0.2) is 5.10 Å². The highest BCUT2D eigenvalue weighted by atomic mass is 16.2. The predicted molar refractivity (Wildman–Crippen MR) is 76.7 cm³/mol. The van der Waals surface area contributed by atoms with Gasteiger partial charge in [-0.3, -0.25) is 9.89 Å².